The molecule has 0 radical (unpaired) electrons. The lowest BCUT2D eigenvalue weighted by molar-refractivity contribution is 0.221. The molecule has 1 aromatic heterocycles. The van der Waals surface area contributed by atoms with E-state index in [1.165, 1.54) is 0 Å². The number of carbonyl (C=O) groups excluding carboxylic acids is 1. The van der Waals surface area contributed by atoms with Gasteiger partial charge < -0.3 is 15.5 Å². The topological polar surface area (TPSA) is 62.2 Å². The first-order chi connectivity index (χ1) is 11.2. The van der Waals surface area contributed by atoms with Crippen LogP contribution in [0.5, 0.6) is 0 Å². The average molecular weight is 313 g/mol. The molecule has 0 bridgehead atoms. The highest BCUT2D eigenvalue weighted by Crippen LogP contribution is 2.12. The normalized spacial score (nSPS) is 16.2. The molecule has 3 rings (SSSR count). The number of urea groups is 1. The van der Waals surface area contributed by atoms with Gasteiger partial charge >= 0.3 is 6.03 Å². The number of hydrogen-bond acceptors (Lipinski definition) is 3. The van der Waals surface area contributed by atoms with Crippen LogP contribution in [0, 0.1) is 0 Å². The molecule has 122 valence electrons. The fourth-order valence-corrected chi connectivity index (χ4v) is 2.78. The van der Waals surface area contributed by atoms with Gasteiger partial charge in [0.1, 0.15) is 0 Å². The van der Waals surface area contributed by atoms with Crippen LogP contribution in [-0.4, -0.2) is 46.9 Å². The quantitative estimate of drug-likeness (QED) is 0.909. The summed E-state index contributed by atoms with van der Waals surface area (Å²) in [5, 5.41) is 10.1. The summed E-state index contributed by atoms with van der Waals surface area (Å²) in [6.45, 7) is 2.80. The van der Waals surface area contributed by atoms with Crippen LogP contribution in [-0.2, 0) is 6.54 Å². The van der Waals surface area contributed by atoms with Crippen molar-refractivity contribution >= 4 is 11.7 Å². The SMILES string of the molecule is CN1CCC(NC(=O)Nc2ccc(Cn3cccn3)cc2)CC1. The molecule has 0 saturated carbocycles. The van der Waals surface area contributed by atoms with Gasteiger partial charge in [0.2, 0.25) is 0 Å². The van der Waals surface area contributed by atoms with Crippen LogP contribution in [0.1, 0.15) is 18.4 Å². The van der Waals surface area contributed by atoms with Crippen molar-refractivity contribution in [3.05, 3.63) is 48.3 Å². The summed E-state index contributed by atoms with van der Waals surface area (Å²) in [6.07, 6.45) is 5.71. The van der Waals surface area contributed by atoms with Crippen molar-refractivity contribution in [3.8, 4) is 0 Å². The van der Waals surface area contributed by atoms with Crippen LogP contribution >= 0.6 is 0 Å². The third-order valence-electron chi connectivity index (χ3n) is 4.17. The van der Waals surface area contributed by atoms with Gasteiger partial charge in [-0.05, 0) is 56.7 Å². The molecule has 1 aliphatic heterocycles. The van der Waals surface area contributed by atoms with Crippen molar-refractivity contribution < 1.29 is 4.79 Å². The highest BCUT2D eigenvalue weighted by Gasteiger charge is 2.18. The Bertz CT molecular complexity index is 615. The largest absolute Gasteiger partial charge is 0.335 e. The number of nitrogens with one attached hydrogen (secondary N) is 2. The summed E-state index contributed by atoms with van der Waals surface area (Å²) in [7, 11) is 2.11. The van der Waals surface area contributed by atoms with Gasteiger partial charge in [0.25, 0.3) is 0 Å². The molecule has 2 N–H and O–H groups in total. The summed E-state index contributed by atoms with van der Waals surface area (Å²) < 4.78 is 1.87. The summed E-state index contributed by atoms with van der Waals surface area (Å²) in [5.41, 5.74) is 1.95. The minimum atomic E-state index is -0.126. The van der Waals surface area contributed by atoms with Gasteiger partial charge in [0, 0.05) is 24.1 Å². The highest BCUT2D eigenvalue weighted by molar-refractivity contribution is 5.89. The Hall–Kier alpha value is -2.34. The van der Waals surface area contributed by atoms with Crippen LogP contribution in [0.15, 0.2) is 42.7 Å². The molecule has 2 aromatic rings. The zero-order valence-electron chi connectivity index (χ0n) is 13.4. The van der Waals surface area contributed by atoms with Gasteiger partial charge in [-0.1, -0.05) is 12.1 Å². The van der Waals surface area contributed by atoms with Crippen molar-refractivity contribution in [3.63, 3.8) is 0 Å². The first-order valence-electron chi connectivity index (χ1n) is 8.01. The summed E-state index contributed by atoms with van der Waals surface area (Å²) >= 11 is 0. The molecule has 1 aromatic carbocycles. The van der Waals surface area contributed by atoms with Gasteiger partial charge in [-0.25, -0.2) is 4.79 Å². The molecular weight excluding hydrogens is 290 g/mol. The number of benzene rings is 1. The summed E-state index contributed by atoms with van der Waals surface area (Å²) in [5.74, 6) is 0. The van der Waals surface area contributed by atoms with Crippen LogP contribution in [0.2, 0.25) is 0 Å². The molecule has 23 heavy (non-hydrogen) atoms. The molecule has 1 fully saturated rings. The zero-order chi connectivity index (χ0) is 16.1. The number of piperidine rings is 1. The predicted molar refractivity (Wildman–Crippen MR) is 90.4 cm³/mol. The second kappa shape index (κ2) is 7.28. The second-order valence-electron chi connectivity index (χ2n) is 6.08. The van der Waals surface area contributed by atoms with Crippen molar-refractivity contribution in [2.24, 2.45) is 0 Å². The van der Waals surface area contributed by atoms with E-state index in [2.05, 4.69) is 27.7 Å². The number of carbonyl (C=O) groups is 1. The van der Waals surface area contributed by atoms with Gasteiger partial charge in [-0.15, -0.1) is 0 Å². The van der Waals surface area contributed by atoms with E-state index in [0.717, 1.165) is 43.7 Å². The third kappa shape index (κ3) is 4.56. The lowest BCUT2D eigenvalue weighted by Gasteiger charge is -2.29. The molecule has 0 aliphatic carbocycles. The Morgan fingerprint density at radius 2 is 2.00 bits per heavy atom. The number of likely N-dealkylation sites (tertiary alicyclic amines) is 1. The smallest absolute Gasteiger partial charge is 0.319 e. The lowest BCUT2D eigenvalue weighted by atomic mass is 10.1. The van der Waals surface area contributed by atoms with Crippen molar-refractivity contribution in [2.75, 3.05) is 25.5 Å². The van der Waals surface area contributed by atoms with E-state index in [4.69, 9.17) is 0 Å². The fourth-order valence-electron chi connectivity index (χ4n) is 2.78. The maximum atomic E-state index is 12.1. The molecule has 2 amide bonds. The summed E-state index contributed by atoms with van der Waals surface area (Å²) in [4.78, 5) is 14.3. The number of amides is 2. The zero-order valence-corrected chi connectivity index (χ0v) is 13.4. The molecular formula is C17H23N5O. The van der Waals surface area contributed by atoms with E-state index in [9.17, 15) is 4.79 Å². The van der Waals surface area contributed by atoms with Crippen molar-refractivity contribution in [2.45, 2.75) is 25.4 Å². The Morgan fingerprint density at radius 1 is 1.26 bits per heavy atom. The molecule has 0 unspecified atom stereocenters. The monoisotopic (exact) mass is 313 g/mol. The molecule has 1 aliphatic rings. The van der Waals surface area contributed by atoms with Crippen LogP contribution < -0.4 is 10.6 Å². The van der Waals surface area contributed by atoms with E-state index in [1.807, 2.05) is 41.2 Å². The maximum absolute atomic E-state index is 12.1. The molecule has 6 heteroatoms. The lowest BCUT2D eigenvalue weighted by Crippen LogP contribution is -2.44. The molecule has 6 nitrogen and oxygen atoms in total. The van der Waals surface area contributed by atoms with E-state index in [-0.39, 0.29) is 12.1 Å². The molecule has 0 spiro atoms. The average Bonchev–Trinajstić information content (AvgIpc) is 3.04. The van der Waals surface area contributed by atoms with Gasteiger partial charge in [-0.3, -0.25) is 4.68 Å². The van der Waals surface area contributed by atoms with Crippen LogP contribution in [0.3, 0.4) is 0 Å². The highest BCUT2D eigenvalue weighted by atomic mass is 16.2. The van der Waals surface area contributed by atoms with Gasteiger partial charge in [0.15, 0.2) is 0 Å². The van der Waals surface area contributed by atoms with Crippen LogP contribution in [0.25, 0.3) is 0 Å². The van der Waals surface area contributed by atoms with E-state index in [0.29, 0.717) is 0 Å². The van der Waals surface area contributed by atoms with Crippen LogP contribution in [0.4, 0.5) is 10.5 Å². The van der Waals surface area contributed by atoms with E-state index < -0.39 is 0 Å². The number of hydrogen-bond donors (Lipinski definition) is 2. The van der Waals surface area contributed by atoms with Gasteiger partial charge in [0.05, 0.1) is 6.54 Å². The third-order valence-corrected chi connectivity index (χ3v) is 4.17. The standard InChI is InChI=1S/C17H23N5O/c1-21-11-7-16(8-12-21)20-17(23)19-15-5-3-14(4-6-15)13-22-10-2-9-18-22/h2-6,9-10,16H,7-8,11-13H2,1H3,(H2,19,20,23). The first kappa shape index (κ1) is 15.6. The number of aromatic nitrogens is 2. The van der Waals surface area contributed by atoms with Crippen molar-refractivity contribution in [1.82, 2.24) is 20.0 Å². The number of nitrogens with zero attached hydrogens (tertiary/aromatic N) is 3. The Kier molecular flexibility index (Phi) is 4.92. The Morgan fingerprint density at radius 3 is 2.65 bits per heavy atom. The predicted octanol–water partition coefficient (Wildman–Crippen LogP) is 2.15. The van der Waals surface area contributed by atoms with E-state index >= 15 is 0 Å². The molecule has 0 atom stereocenters. The molecule has 2 heterocycles. The minimum Gasteiger partial charge on any atom is -0.335 e. The number of anilines is 1. The van der Waals surface area contributed by atoms with E-state index in [1.54, 1.807) is 6.20 Å². The first-order valence-corrected chi connectivity index (χ1v) is 8.01. The molecule has 1 saturated heterocycles. The summed E-state index contributed by atoms with van der Waals surface area (Å²) in [6, 6.07) is 9.91. The van der Waals surface area contributed by atoms with Crippen molar-refractivity contribution in [1.29, 1.82) is 0 Å². The fraction of sp³-hybridized carbons (Fsp3) is 0.412. The second-order valence-corrected chi connectivity index (χ2v) is 6.08. The van der Waals surface area contributed by atoms with Gasteiger partial charge in [-0.2, -0.15) is 5.10 Å². The minimum absolute atomic E-state index is 0.126. The maximum Gasteiger partial charge on any atom is 0.319 e. The Labute approximate surface area is 136 Å². The Balaban J connectivity index is 1.48. The number of rotatable bonds is 4.